The molecule has 0 aliphatic heterocycles. The van der Waals surface area contributed by atoms with Crippen LogP contribution in [0.25, 0.3) is 16.9 Å². The number of halogens is 1. The molecule has 1 aromatic carbocycles. The minimum atomic E-state index is 0. The molecule has 3 aromatic rings. The minimum absolute atomic E-state index is 0. The van der Waals surface area contributed by atoms with E-state index in [1.54, 1.807) is 0 Å². The van der Waals surface area contributed by atoms with E-state index in [1.807, 2.05) is 59.3 Å². The molecule has 0 spiro atoms. The second-order valence-electron chi connectivity index (χ2n) is 4.08. The molecule has 0 unspecified atom stereocenters. The SMILES string of the molecule is Cl.N=C(N)c1ccc(-c2cn3ccccc3n2)cc1. The summed E-state index contributed by atoms with van der Waals surface area (Å²) in [5.41, 5.74) is 9.00. The lowest BCUT2D eigenvalue weighted by Crippen LogP contribution is -2.10. The van der Waals surface area contributed by atoms with Gasteiger partial charge >= 0.3 is 0 Å². The first-order valence-corrected chi connectivity index (χ1v) is 5.62. The van der Waals surface area contributed by atoms with Crippen molar-refractivity contribution >= 4 is 23.9 Å². The second kappa shape index (κ2) is 5.12. The third-order valence-corrected chi connectivity index (χ3v) is 2.86. The van der Waals surface area contributed by atoms with Gasteiger partial charge in [0.2, 0.25) is 0 Å². The summed E-state index contributed by atoms with van der Waals surface area (Å²) in [6.45, 7) is 0. The van der Waals surface area contributed by atoms with Crippen LogP contribution in [-0.4, -0.2) is 15.2 Å². The van der Waals surface area contributed by atoms with Gasteiger partial charge in [0.15, 0.2) is 0 Å². The van der Waals surface area contributed by atoms with E-state index in [9.17, 15) is 0 Å². The van der Waals surface area contributed by atoms with Gasteiger partial charge < -0.3 is 10.1 Å². The number of benzene rings is 1. The van der Waals surface area contributed by atoms with Gasteiger partial charge in [-0.25, -0.2) is 4.98 Å². The lowest BCUT2D eigenvalue weighted by Gasteiger charge is -1.99. The topological polar surface area (TPSA) is 67.2 Å². The quantitative estimate of drug-likeness (QED) is 0.556. The van der Waals surface area contributed by atoms with E-state index < -0.39 is 0 Å². The van der Waals surface area contributed by atoms with Crippen LogP contribution in [0.3, 0.4) is 0 Å². The van der Waals surface area contributed by atoms with Gasteiger partial charge in [-0.05, 0) is 12.1 Å². The highest BCUT2D eigenvalue weighted by Gasteiger charge is 2.04. The third kappa shape index (κ3) is 2.44. The molecule has 0 aliphatic carbocycles. The summed E-state index contributed by atoms with van der Waals surface area (Å²) in [5.74, 6) is 0.0801. The Kier molecular flexibility index (Phi) is 3.53. The maximum absolute atomic E-state index is 7.36. The number of nitrogen functional groups attached to an aromatic ring is 1. The molecule has 5 heteroatoms. The molecule has 0 atom stereocenters. The maximum atomic E-state index is 7.36. The standard InChI is InChI=1S/C14H12N4.ClH/c15-14(16)11-6-4-10(5-7-11)12-9-18-8-2-1-3-13(18)17-12;/h1-9H,(H3,15,16);1H. The van der Waals surface area contributed by atoms with Crippen molar-refractivity contribution in [1.82, 2.24) is 9.38 Å². The van der Waals surface area contributed by atoms with Gasteiger partial charge in [0.05, 0.1) is 5.69 Å². The highest BCUT2D eigenvalue weighted by atomic mass is 35.5. The number of rotatable bonds is 2. The molecule has 19 heavy (non-hydrogen) atoms. The Hall–Kier alpha value is -2.33. The molecular formula is C14H13ClN4. The molecule has 4 nitrogen and oxygen atoms in total. The van der Waals surface area contributed by atoms with E-state index in [2.05, 4.69) is 4.98 Å². The molecule has 0 amide bonds. The Bertz CT molecular complexity index is 683. The number of nitrogens with zero attached hydrogens (tertiary/aromatic N) is 2. The zero-order valence-corrected chi connectivity index (χ0v) is 10.9. The van der Waals surface area contributed by atoms with Crippen LogP contribution in [0.15, 0.2) is 54.9 Å². The van der Waals surface area contributed by atoms with Gasteiger partial charge in [-0.1, -0.05) is 30.3 Å². The van der Waals surface area contributed by atoms with Crippen molar-refractivity contribution < 1.29 is 0 Å². The molecule has 96 valence electrons. The van der Waals surface area contributed by atoms with Crippen molar-refractivity contribution in [3.63, 3.8) is 0 Å². The number of fused-ring (bicyclic) bond motifs is 1. The largest absolute Gasteiger partial charge is 0.384 e. The van der Waals surface area contributed by atoms with E-state index in [0.29, 0.717) is 0 Å². The van der Waals surface area contributed by atoms with Crippen LogP contribution in [-0.2, 0) is 0 Å². The highest BCUT2D eigenvalue weighted by Crippen LogP contribution is 2.19. The van der Waals surface area contributed by atoms with Crippen molar-refractivity contribution in [3.05, 3.63) is 60.4 Å². The molecule has 0 saturated heterocycles. The summed E-state index contributed by atoms with van der Waals surface area (Å²) in [6.07, 6.45) is 3.95. The molecule has 2 aromatic heterocycles. The van der Waals surface area contributed by atoms with Crippen LogP contribution in [0.5, 0.6) is 0 Å². The first-order valence-electron chi connectivity index (χ1n) is 5.62. The third-order valence-electron chi connectivity index (χ3n) is 2.86. The predicted octanol–water partition coefficient (Wildman–Crippen LogP) is 2.71. The maximum Gasteiger partial charge on any atom is 0.137 e. The highest BCUT2D eigenvalue weighted by molar-refractivity contribution is 5.95. The van der Waals surface area contributed by atoms with Crippen molar-refractivity contribution in [2.75, 3.05) is 0 Å². The Morgan fingerprint density at radius 1 is 1.11 bits per heavy atom. The molecule has 0 fully saturated rings. The fourth-order valence-corrected chi connectivity index (χ4v) is 1.89. The van der Waals surface area contributed by atoms with E-state index in [-0.39, 0.29) is 18.2 Å². The van der Waals surface area contributed by atoms with Crippen molar-refractivity contribution in [2.45, 2.75) is 0 Å². The van der Waals surface area contributed by atoms with Gasteiger partial charge in [0, 0.05) is 23.5 Å². The molecule has 0 radical (unpaired) electrons. The lowest BCUT2D eigenvalue weighted by molar-refractivity contribution is 1.19. The molecule has 0 saturated carbocycles. The molecule has 0 bridgehead atoms. The average Bonchev–Trinajstić information content (AvgIpc) is 2.82. The molecule has 2 heterocycles. The lowest BCUT2D eigenvalue weighted by atomic mass is 10.1. The van der Waals surface area contributed by atoms with Crippen LogP contribution in [0.1, 0.15) is 5.56 Å². The van der Waals surface area contributed by atoms with E-state index >= 15 is 0 Å². The van der Waals surface area contributed by atoms with Crippen LogP contribution < -0.4 is 5.73 Å². The van der Waals surface area contributed by atoms with Crippen LogP contribution >= 0.6 is 12.4 Å². The van der Waals surface area contributed by atoms with Crippen molar-refractivity contribution in [3.8, 4) is 11.3 Å². The Balaban J connectivity index is 0.00000133. The Morgan fingerprint density at radius 3 is 2.47 bits per heavy atom. The molecular weight excluding hydrogens is 260 g/mol. The van der Waals surface area contributed by atoms with E-state index in [4.69, 9.17) is 11.1 Å². The van der Waals surface area contributed by atoms with Crippen molar-refractivity contribution in [1.29, 1.82) is 5.41 Å². The van der Waals surface area contributed by atoms with Gasteiger partial charge in [-0.3, -0.25) is 5.41 Å². The summed E-state index contributed by atoms with van der Waals surface area (Å²) >= 11 is 0. The molecule has 3 N–H and O–H groups in total. The number of nitrogens with one attached hydrogen (secondary N) is 1. The number of nitrogens with two attached hydrogens (primary N) is 1. The first-order chi connectivity index (χ1) is 8.74. The van der Waals surface area contributed by atoms with Crippen LogP contribution in [0.2, 0.25) is 0 Å². The fourth-order valence-electron chi connectivity index (χ4n) is 1.89. The smallest absolute Gasteiger partial charge is 0.137 e. The molecule has 3 rings (SSSR count). The van der Waals surface area contributed by atoms with E-state index in [1.165, 1.54) is 0 Å². The summed E-state index contributed by atoms with van der Waals surface area (Å²) in [7, 11) is 0. The van der Waals surface area contributed by atoms with Gasteiger partial charge in [0.25, 0.3) is 0 Å². The first kappa shape index (κ1) is 13.1. The zero-order chi connectivity index (χ0) is 12.5. The van der Waals surface area contributed by atoms with Gasteiger partial charge in [-0.15, -0.1) is 12.4 Å². The summed E-state index contributed by atoms with van der Waals surface area (Å²) < 4.78 is 1.98. The Morgan fingerprint density at radius 2 is 1.84 bits per heavy atom. The van der Waals surface area contributed by atoms with Gasteiger partial charge in [-0.2, -0.15) is 0 Å². The number of hydrogen-bond acceptors (Lipinski definition) is 2. The Labute approximate surface area is 116 Å². The number of hydrogen-bond donors (Lipinski definition) is 2. The number of imidazole rings is 1. The summed E-state index contributed by atoms with van der Waals surface area (Å²) in [6, 6.07) is 13.4. The average molecular weight is 273 g/mol. The van der Waals surface area contributed by atoms with Crippen LogP contribution in [0, 0.1) is 5.41 Å². The predicted molar refractivity (Wildman–Crippen MR) is 78.9 cm³/mol. The van der Waals surface area contributed by atoms with Gasteiger partial charge in [0.1, 0.15) is 11.5 Å². The summed E-state index contributed by atoms with van der Waals surface area (Å²) in [5, 5.41) is 7.36. The summed E-state index contributed by atoms with van der Waals surface area (Å²) in [4.78, 5) is 4.54. The monoisotopic (exact) mass is 272 g/mol. The number of aromatic nitrogens is 2. The number of amidine groups is 1. The fraction of sp³-hybridized carbons (Fsp3) is 0. The van der Waals surface area contributed by atoms with Crippen molar-refractivity contribution in [2.24, 2.45) is 5.73 Å². The van der Waals surface area contributed by atoms with Crippen LogP contribution in [0.4, 0.5) is 0 Å². The minimum Gasteiger partial charge on any atom is -0.384 e. The second-order valence-corrected chi connectivity index (χ2v) is 4.08. The number of pyridine rings is 1. The molecule has 0 aliphatic rings. The zero-order valence-electron chi connectivity index (χ0n) is 10.1. The normalized spacial score (nSPS) is 10.1. The van der Waals surface area contributed by atoms with E-state index in [0.717, 1.165) is 22.5 Å².